The summed E-state index contributed by atoms with van der Waals surface area (Å²) in [5, 5.41) is 4.31. The molecule has 1 aromatic rings. The van der Waals surface area contributed by atoms with E-state index in [1.165, 1.54) is 24.8 Å². The molecule has 4 heteroatoms. The number of nitrogens with one attached hydrogen (secondary N) is 1. The van der Waals surface area contributed by atoms with E-state index in [-0.39, 0.29) is 5.91 Å². The Hall–Kier alpha value is -1.84. The molecule has 0 saturated carbocycles. The molecule has 1 aromatic carbocycles. The van der Waals surface area contributed by atoms with E-state index in [1.54, 1.807) is 7.11 Å². The van der Waals surface area contributed by atoms with Gasteiger partial charge in [-0.15, -0.1) is 0 Å². The molecule has 120 valence electrons. The Morgan fingerprint density at radius 2 is 2.05 bits per heavy atom. The van der Waals surface area contributed by atoms with Crippen LogP contribution < -0.4 is 10.2 Å². The van der Waals surface area contributed by atoms with E-state index in [4.69, 9.17) is 4.74 Å². The zero-order valence-corrected chi connectivity index (χ0v) is 13.7. The number of ether oxygens (including phenoxy) is 1. The van der Waals surface area contributed by atoms with E-state index in [1.807, 2.05) is 18.2 Å². The fourth-order valence-corrected chi connectivity index (χ4v) is 2.76. The lowest BCUT2D eigenvalue weighted by atomic mass is 10.1. The zero-order valence-electron chi connectivity index (χ0n) is 13.7. The molecule has 2 rings (SSSR count). The summed E-state index contributed by atoms with van der Waals surface area (Å²) < 4.78 is 5.24. The van der Waals surface area contributed by atoms with Gasteiger partial charge in [0, 0.05) is 12.0 Å². The molecular weight excluding hydrogens is 276 g/mol. The van der Waals surface area contributed by atoms with Gasteiger partial charge in [-0.1, -0.05) is 32.6 Å². The van der Waals surface area contributed by atoms with E-state index >= 15 is 0 Å². The fraction of sp³-hybridized carbons (Fsp3) is 0.556. The number of nitrogens with zero attached hydrogens (tertiary/aromatic N) is 1. The maximum absolute atomic E-state index is 11.8. The predicted molar refractivity (Wildman–Crippen MR) is 89.4 cm³/mol. The molecule has 1 aliphatic rings. The fourth-order valence-electron chi connectivity index (χ4n) is 2.76. The Bertz CT molecular complexity index is 538. The summed E-state index contributed by atoms with van der Waals surface area (Å²) in [6, 6.07) is 6.01. The molecule has 0 spiro atoms. The number of carbonyl (C=O) groups is 1. The molecule has 0 bridgehead atoms. The second kappa shape index (κ2) is 8.57. The molecule has 0 unspecified atom stereocenters. The molecular formula is C18H26N2O2. The van der Waals surface area contributed by atoms with Gasteiger partial charge < -0.3 is 4.74 Å². The summed E-state index contributed by atoms with van der Waals surface area (Å²) in [4.78, 5) is 11.8. The van der Waals surface area contributed by atoms with Gasteiger partial charge in [0.05, 0.1) is 12.8 Å². The SMILES string of the molecule is CCCCCCCC(=O)NN=C1CCc2cc(OC)ccc21. The number of hydrazone groups is 1. The Kier molecular flexibility index (Phi) is 6.44. The Balaban J connectivity index is 1.81. The van der Waals surface area contributed by atoms with Gasteiger partial charge in [0.25, 0.3) is 0 Å². The smallest absolute Gasteiger partial charge is 0.240 e. The van der Waals surface area contributed by atoms with Crippen LogP contribution in [0.2, 0.25) is 0 Å². The van der Waals surface area contributed by atoms with Gasteiger partial charge in [-0.05, 0) is 43.0 Å². The van der Waals surface area contributed by atoms with Crippen LogP contribution in [0.25, 0.3) is 0 Å². The minimum atomic E-state index is 0.0194. The number of amides is 1. The van der Waals surface area contributed by atoms with Crippen LogP contribution in [0.5, 0.6) is 5.75 Å². The van der Waals surface area contributed by atoms with E-state index in [9.17, 15) is 4.79 Å². The Morgan fingerprint density at radius 1 is 1.23 bits per heavy atom. The van der Waals surface area contributed by atoms with Gasteiger partial charge in [-0.2, -0.15) is 5.10 Å². The van der Waals surface area contributed by atoms with Crippen molar-refractivity contribution in [2.75, 3.05) is 7.11 Å². The third-order valence-corrected chi connectivity index (χ3v) is 4.08. The topological polar surface area (TPSA) is 50.7 Å². The lowest BCUT2D eigenvalue weighted by molar-refractivity contribution is -0.121. The van der Waals surface area contributed by atoms with Crippen LogP contribution in [0.1, 0.15) is 63.0 Å². The van der Waals surface area contributed by atoms with Gasteiger partial charge >= 0.3 is 0 Å². The van der Waals surface area contributed by atoms with Crippen LogP contribution >= 0.6 is 0 Å². The molecule has 0 heterocycles. The minimum Gasteiger partial charge on any atom is -0.497 e. The minimum absolute atomic E-state index is 0.0194. The van der Waals surface area contributed by atoms with Gasteiger partial charge in [-0.25, -0.2) is 5.43 Å². The number of aryl methyl sites for hydroxylation is 1. The molecule has 0 aromatic heterocycles. The highest BCUT2D eigenvalue weighted by molar-refractivity contribution is 6.05. The standard InChI is InChI=1S/C18H26N2O2/c1-3-4-5-6-7-8-18(21)20-19-17-12-9-14-13-15(22-2)10-11-16(14)17/h10-11,13H,3-9,12H2,1-2H3,(H,20,21). The average Bonchev–Trinajstić information content (AvgIpc) is 2.94. The van der Waals surface area contributed by atoms with Crippen molar-refractivity contribution in [2.24, 2.45) is 5.10 Å². The number of fused-ring (bicyclic) bond motifs is 1. The lowest BCUT2D eigenvalue weighted by Gasteiger charge is -2.04. The molecule has 22 heavy (non-hydrogen) atoms. The van der Waals surface area contributed by atoms with Crippen LogP contribution in [-0.4, -0.2) is 18.7 Å². The summed E-state index contributed by atoms with van der Waals surface area (Å²) in [7, 11) is 1.67. The first-order valence-electron chi connectivity index (χ1n) is 8.27. The normalized spacial score (nSPS) is 14.9. The van der Waals surface area contributed by atoms with Crippen molar-refractivity contribution in [2.45, 2.75) is 58.3 Å². The third-order valence-electron chi connectivity index (χ3n) is 4.08. The van der Waals surface area contributed by atoms with Gasteiger partial charge in [0.15, 0.2) is 0 Å². The van der Waals surface area contributed by atoms with E-state index < -0.39 is 0 Å². The molecule has 1 aliphatic carbocycles. The Labute approximate surface area is 132 Å². The van der Waals surface area contributed by atoms with Crippen LogP contribution in [0.4, 0.5) is 0 Å². The number of unbranched alkanes of at least 4 members (excludes halogenated alkanes) is 4. The van der Waals surface area contributed by atoms with Crippen LogP contribution in [-0.2, 0) is 11.2 Å². The molecule has 0 aliphatic heterocycles. The predicted octanol–water partition coefficient (Wildman–Crippen LogP) is 3.82. The second-order valence-corrected chi connectivity index (χ2v) is 5.78. The molecule has 4 nitrogen and oxygen atoms in total. The Morgan fingerprint density at radius 3 is 2.82 bits per heavy atom. The largest absolute Gasteiger partial charge is 0.497 e. The zero-order chi connectivity index (χ0) is 15.8. The van der Waals surface area contributed by atoms with Crippen LogP contribution in [0.15, 0.2) is 23.3 Å². The van der Waals surface area contributed by atoms with Crippen LogP contribution in [0.3, 0.4) is 0 Å². The molecule has 0 atom stereocenters. The van der Waals surface area contributed by atoms with Crippen molar-refractivity contribution in [1.29, 1.82) is 0 Å². The number of hydrogen-bond acceptors (Lipinski definition) is 3. The first-order chi connectivity index (χ1) is 10.7. The number of carbonyl (C=O) groups excluding carboxylic acids is 1. The monoisotopic (exact) mass is 302 g/mol. The van der Waals surface area contributed by atoms with Crippen LogP contribution in [0, 0.1) is 0 Å². The van der Waals surface area contributed by atoms with E-state index in [0.717, 1.165) is 42.7 Å². The van der Waals surface area contributed by atoms with E-state index in [0.29, 0.717) is 6.42 Å². The first-order valence-corrected chi connectivity index (χ1v) is 8.27. The van der Waals surface area contributed by atoms with Gasteiger partial charge in [-0.3, -0.25) is 4.79 Å². The summed E-state index contributed by atoms with van der Waals surface area (Å²) in [5.41, 5.74) is 6.04. The number of hydrogen-bond donors (Lipinski definition) is 1. The van der Waals surface area contributed by atoms with Crippen molar-refractivity contribution in [1.82, 2.24) is 5.43 Å². The van der Waals surface area contributed by atoms with Crippen molar-refractivity contribution >= 4 is 11.6 Å². The first kappa shape index (κ1) is 16.5. The molecule has 0 radical (unpaired) electrons. The van der Waals surface area contributed by atoms with E-state index in [2.05, 4.69) is 17.5 Å². The highest BCUT2D eigenvalue weighted by atomic mass is 16.5. The van der Waals surface area contributed by atoms with Gasteiger partial charge in [0.2, 0.25) is 5.91 Å². The van der Waals surface area contributed by atoms with Crippen molar-refractivity contribution < 1.29 is 9.53 Å². The lowest BCUT2D eigenvalue weighted by Crippen LogP contribution is -2.19. The van der Waals surface area contributed by atoms with Gasteiger partial charge in [0.1, 0.15) is 5.75 Å². The number of benzene rings is 1. The molecule has 1 N–H and O–H groups in total. The van der Waals surface area contributed by atoms with Crippen molar-refractivity contribution in [3.63, 3.8) is 0 Å². The molecule has 0 saturated heterocycles. The summed E-state index contributed by atoms with van der Waals surface area (Å²) in [6.07, 6.45) is 8.17. The van der Waals surface area contributed by atoms with Crippen molar-refractivity contribution in [3.8, 4) is 5.75 Å². The molecule has 0 fully saturated rings. The molecule has 1 amide bonds. The highest BCUT2D eigenvalue weighted by Crippen LogP contribution is 2.26. The summed E-state index contributed by atoms with van der Waals surface area (Å²) in [6.45, 7) is 2.19. The highest BCUT2D eigenvalue weighted by Gasteiger charge is 2.18. The average molecular weight is 302 g/mol. The number of methoxy groups -OCH3 is 1. The van der Waals surface area contributed by atoms with Crippen molar-refractivity contribution in [3.05, 3.63) is 29.3 Å². The summed E-state index contributed by atoms with van der Waals surface area (Å²) >= 11 is 0. The quantitative estimate of drug-likeness (QED) is 0.586. The maximum atomic E-state index is 11.8. The second-order valence-electron chi connectivity index (χ2n) is 5.78. The third kappa shape index (κ3) is 4.58. The summed E-state index contributed by atoms with van der Waals surface area (Å²) in [5.74, 6) is 0.891. The number of rotatable bonds is 8. The maximum Gasteiger partial charge on any atom is 0.240 e.